The van der Waals surface area contributed by atoms with Crippen LogP contribution in [0.1, 0.15) is 46.0 Å². The first-order valence-corrected chi connectivity index (χ1v) is 8.85. The van der Waals surface area contributed by atoms with Crippen molar-refractivity contribution >= 4 is 23.8 Å². The molecule has 5 nitrogen and oxygen atoms in total. The number of amides is 2. The molecule has 6 heteroatoms. The van der Waals surface area contributed by atoms with Crippen molar-refractivity contribution in [2.24, 2.45) is 11.3 Å². The summed E-state index contributed by atoms with van der Waals surface area (Å²) in [6.45, 7) is 4.44. The van der Waals surface area contributed by atoms with Gasteiger partial charge in [-0.1, -0.05) is 13.8 Å². The van der Waals surface area contributed by atoms with Gasteiger partial charge in [-0.3, -0.25) is 4.90 Å². The Hall–Kier alpha value is -0.910. The van der Waals surface area contributed by atoms with E-state index in [1.165, 1.54) is 0 Å². The summed E-state index contributed by atoms with van der Waals surface area (Å²) < 4.78 is 0. The predicted molar refractivity (Wildman–Crippen MR) is 82.2 cm³/mol. The lowest BCUT2D eigenvalue weighted by Crippen LogP contribution is -2.52. The SMILES string of the molecule is CC1(C)CCC(NC(=O)N2C(C(=O)O)CSC2C2CC2)C1. The van der Waals surface area contributed by atoms with Gasteiger partial charge in [0.15, 0.2) is 0 Å². The Labute approximate surface area is 129 Å². The summed E-state index contributed by atoms with van der Waals surface area (Å²) in [5.74, 6) is 0.123. The minimum atomic E-state index is -0.882. The van der Waals surface area contributed by atoms with E-state index in [1.807, 2.05) is 0 Å². The maximum absolute atomic E-state index is 12.6. The van der Waals surface area contributed by atoms with E-state index in [4.69, 9.17) is 0 Å². The normalized spacial score (nSPS) is 35.0. The van der Waals surface area contributed by atoms with E-state index in [9.17, 15) is 14.7 Å². The minimum absolute atomic E-state index is 0.0560. The molecule has 3 unspecified atom stereocenters. The number of rotatable bonds is 3. The average Bonchev–Trinajstić information content (AvgIpc) is 3.03. The summed E-state index contributed by atoms with van der Waals surface area (Å²) in [4.78, 5) is 25.6. The van der Waals surface area contributed by atoms with Gasteiger partial charge in [-0.05, 0) is 43.4 Å². The van der Waals surface area contributed by atoms with Crippen LogP contribution in [0.4, 0.5) is 4.79 Å². The van der Waals surface area contributed by atoms with Gasteiger partial charge in [0.1, 0.15) is 6.04 Å². The molecular formula is C15H24N2O3S. The van der Waals surface area contributed by atoms with Gasteiger partial charge in [0.05, 0.1) is 5.37 Å². The first kappa shape index (κ1) is 15.0. The summed E-state index contributed by atoms with van der Waals surface area (Å²) in [5, 5.41) is 12.5. The molecule has 2 amide bonds. The molecule has 3 aliphatic rings. The molecule has 0 radical (unpaired) electrons. The van der Waals surface area contributed by atoms with E-state index in [-0.39, 0.29) is 22.9 Å². The van der Waals surface area contributed by atoms with E-state index in [1.54, 1.807) is 16.7 Å². The number of carbonyl (C=O) groups excluding carboxylic acids is 1. The van der Waals surface area contributed by atoms with Gasteiger partial charge in [0, 0.05) is 11.8 Å². The standard InChI is InChI=1S/C15H24N2O3S/c1-15(2)6-5-10(7-15)16-14(20)17-11(13(18)19)8-21-12(17)9-3-4-9/h9-12H,3-8H2,1-2H3,(H,16,20)(H,18,19). The smallest absolute Gasteiger partial charge is 0.327 e. The lowest BCUT2D eigenvalue weighted by molar-refractivity contribution is -0.141. The van der Waals surface area contributed by atoms with Crippen LogP contribution in [-0.4, -0.2) is 45.2 Å². The number of carbonyl (C=O) groups is 2. The molecule has 118 valence electrons. The highest BCUT2D eigenvalue weighted by Crippen LogP contribution is 2.45. The molecule has 0 aromatic heterocycles. The number of nitrogens with one attached hydrogen (secondary N) is 1. The monoisotopic (exact) mass is 312 g/mol. The highest BCUT2D eigenvalue weighted by atomic mass is 32.2. The summed E-state index contributed by atoms with van der Waals surface area (Å²) in [5.41, 5.74) is 0.278. The third kappa shape index (κ3) is 3.15. The quantitative estimate of drug-likeness (QED) is 0.840. The van der Waals surface area contributed by atoms with Crippen LogP contribution < -0.4 is 5.32 Å². The fourth-order valence-electron chi connectivity index (χ4n) is 3.53. The van der Waals surface area contributed by atoms with Crippen LogP contribution in [0.2, 0.25) is 0 Å². The predicted octanol–water partition coefficient (Wildman–Crippen LogP) is 2.51. The van der Waals surface area contributed by atoms with Crippen molar-refractivity contribution in [3.63, 3.8) is 0 Å². The Morgan fingerprint density at radius 3 is 2.52 bits per heavy atom. The Bertz CT molecular complexity index is 450. The fraction of sp³-hybridized carbons (Fsp3) is 0.867. The van der Waals surface area contributed by atoms with Crippen LogP contribution in [0, 0.1) is 11.3 Å². The number of urea groups is 1. The van der Waals surface area contributed by atoms with Gasteiger partial charge < -0.3 is 10.4 Å². The maximum Gasteiger partial charge on any atom is 0.327 e. The average molecular weight is 312 g/mol. The van der Waals surface area contributed by atoms with Crippen LogP contribution >= 0.6 is 11.8 Å². The highest BCUT2D eigenvalue weighted by molar-refractivity contribution is 8.00. The molecule has 2 aliphatic carbocycles. The number of hydrogen-bond donors (Lipinski definition) is 2. The largest absolute Gasteiger partial charge is 0.480 e. The van der Waals surface area contributed by atoms with E-state index in [0.29, 0.717) is 11.7 Å². The lowest BCUT2D eigenvalue weighted by atomic mass is 9.92. The van der Waals surface area contributed by atoms with Crippen molar-refractivity contribution in [3.05, 3.63) is 0 Å². The first-order valence-electron chi connectivity index (χ1n) is 7.81. The molecule has 2 N–H and O–H groups in total. The topological polar surface area (TPSA) is 69.6 Å². The maximum atomic E-state index is 12.6. The summed E-state index contributed by atoms with van der Waals surface area (Å²) in [7, 11) is 0. The Kier molecular flexibility index (Phi) is 3.84. The van der Waals surface area contributed by atoms with Crippen LogP contribution in [0.3, 0.4) is 0 Å². The Balaban J connectivity index is 1.67. The molecule has 21 heavy (non-hydrogen) atoms. The van der Waals surface area contributed by atoms with E-state index < -0.39 is 12.0 Å². The molecular weight excluding hydrogens is 288 g/mol. The van der Waals surface area contributed by atoms with Gasteiger partial charge >= 0.3 is 12.0 Å². The molecule has 0 aromatic carbocycles. The van der Waals surface area contributed by atoms with E-state index in [2.05, 4.69) is 19.2 Å². The second-order valence-corrected chi connectivity index (χ2v) is 8.53. The first-order chi connectivity index (χ1) is 9.87. The summed E-state index contributed by atoms with van der Waals surface area (Å²) >= 11 is 1.63. The van der Waals surface area contributed by atoms with Crippen molar-refractivity contribution < 1.29 is 14.7 Å². The Morgan fingerprint density at radius 2 is 2.00 bits per heavy atom. The van der Waals surface area contributed by atoms with E-state index >= 15 is 0 Å². The van der Waals surface area contributed by atoms with Crippen molar-refractivity contribution in [2.45, 2.75) is 63.4 Å². The zero-order chi connectivity index (χ0) is 15.2. The number of carboxylic acid groups (broad SMARTS) is 1. The number of hydrogen-bond acceptors (Lipinski definition) is 3. The minimum Gasteiger partial charge on any atom is -0.480 e. The number of carboxylic acids is 1. The number of aliphatic carboxylic acids is 1. The molecule has 0 aromatic rings. The highest BCUT2D eigenvalue weighted by Gasteiger charge is 2.48. The molecule has 0 bridgehead atoms. The molecule has 2 saturated carbocycles. The van der Waals surface area contributed by atoms with Crippen molar-refractivity contribution in [2.75, 3.05) is 5.75 Å². The molecule has 3 fully saturated rings. The van der Waals surface area contributed by atoms with Gasteiger partial charge in [-0.15, -0.1) is 11.8 Å². The molecule has 3 atom stereocenters. The van der Waals surface area contributed by atoms with Gasteiger partial charge in [-0.2, -0.15) is 0 Å². The van der Waals surface area contributed by atoms with Crippen molar-refractivity contribution in [1.29, 1.82) is 0 Å². The number of thioether (sulfide) groups is 1. The third-order valence-corrected chi connectivity index (χ3v) is 6.34. The van der Waals surface area contributed by atoms with Gasteiger partial charge in [-0.25, -0.2) is 9.59 Å². The fourth-order valence-corrected chi connectivity index (χ4v) is 5.16. The second kappa shape index (κ2) is 5.38. The van der Waals surface area contributed by atoms with Crippen molar-refractivity contribution in [1.82, 2.24) is 10.2 Å². The van der Waals surface area contributed by atoms with Crippen LogP contribution in [0.25, 0.3) is 0 Å². The Morgan fingerprint density at radius 1 is 1.29 bits per heavy atom. The molecule has 3 rings (SSSR count). The molecule has 1 aliphatic heterocycles. The number of nitrogens with zero attached hydrogens (tertiary/aromatic N) is 1. The van der Waals surface area contributed by atoms with E-state index in [0.717, 1.165) is 32.1 Å². The zero-order valence-electron chi connectivity index (χ0n) is 12.7. The van der Waals surface area contributed by atoms with Gasteiger partial charge in [0.2, 0.25) is 0 Å². The molecule has 0 spiro atoms. The van der Waals surface area contributed by atoms with Crippen LogP contribution in [-0.2, 0) is 4.79 Å². The van der Waals surface area contributed by atoms with Crippen LogP contribution in [0.15, 0.2) is 0 Å². The van der Waals surface area contributed by atoms with Gasteiger partial charge in [0.25, 0.3) is 0 Å². The summed E-state index contributed by atoms with van der Waals surface area (Å²) in [6.07, 6.45) is 5.31. The molecule has 1 saturated heterocycles. The van der Waals surface area contributed by atoms with Crippen LogP contribution in [0.5, 0.6) is 0 Å². The zero-order valence-corrected chi connectivity index (χ0v) is 13.5. The molecule has 1 heterocycles. The third-order valence-electron chi connectivity index (χ3n) is 4.88. The summed E-state index contributed by atoms with van der Waals surface area (Å²) in [6, 6.07) is -0.658. The van der Waals surface area contributed by atoms with Crippen molar-refractivity contribution in [3.8, 4) is 0 Å². The lowest BCUT2D eigenvalue weighted by Gasteiger charge is -2.29. The second-order valence-electron chi connectivity index (χ2n) is 7.38.